The number of hydrogen-bond acceptors (Lipinski definition) is 4. The molecule has 2 atom stereocenters. The highest BCUT2D eigenvalue weighted by Crippen LogP contribution is 2.25. The Hall–Kier alpha value is -0.850. The van der Waals surface area contributed by atoms with Crippen LogP contribution in [-0.2, 0) is 16.6 Å². The second-order valence-corrected chi connectivity index (χ2v) is 7.59. The quantitative estimate of drug-likeness (QED) is 0.896. The molecule has 6 heteroatoms. The average molecular weight is 286 g/mol. The van der Waals surface area contributed by atoms with Gasteiger partial charge in [0.1, 0.15) is 5.76 Å². The van der Waals surface area contributed by atoms with Crippen LogP contribution < -0.4 is 5.32 Å². The van der Waals surface area contributed by atoms with Crippen LogP contribution in [0.1, 0.15) is 31.9 Å². The first-order chi connectivity index (χ1) is 8.89. The molecule has 5 nitrogen and oxygen atoms in total. The van der Waals surface area contributed by atoms with Gasteiger partial charge in [0.15, 0.2) is 0 Å². The normalized spacial score (nSPS) is 24.2. The summed E-state index contributed by atoms with van der Waals surface area (Å²) in [6.07, 6.45) is 3.63. The molecule has 0 spiro atoms. The van der Waals surface area contributed by atoms with Gasteiger partial charge >= 0.3 is 0 Å². The molecule has 0 saturated heterocycles. The van der Waals surface area contributed by atoms with Crippen molar-refractivity contribution in [2.45, 2.75) is 43.9 Å². The number of hydrogen-bond donors (Lipinski definition) is 1. The molecule has 19 heavy (non-hydrogen) atoms. The maximum atomic E-state index is 11.9. The highest BCUT2D eigenvalue weighted by atomic mass is 32.2. The zero-order valence-electron chi connectivity index (χ0n) is 11.7. The third kappa shape index (κ3) is 3.38. The van der Waals surface area contributed by atoms with E-state index in [4.69, 9.17) is 4.42 Å². The fourth-order valence-electron chi connectivity index (χ4n) is 2.41. The van der Waals surface area contributed by atoms with Crippen molar-refractivity contribution in [2.75, 3.05) is 14.1 Å². The zero-order chi connectivity index (χ0) is 14.0. The molecule has 1 aromatic rings. The molecule has 1 aliphatic rings. The molecule has 0 aliphatic heterocycles. The fourth-order valence-corrected chi connectivity index (χ4v) is 3.22. The Morgan fingerprint density at radius 2 is 2.11 bits per heavy atom. The topological polar surface area (TPSA) is 62.6 Å². The van der Waals surface area contributed by atoms with Crippen molar-refractivity contribution in [3.63, 3.8) is 0 Å². The predicted octanol–water partition coefficient (Wildman–Crippen LogP) is 1.81. The maximum Gasteiger partial charge on any atom is 0.275 e. The molecule has 1 fully saturated rings. The van der Waals surface area contributed by atoms with Gasteiger partial charge in [-0.15, -0.1) is 0 Å². The Labute approximate surface area is 115 Å². The van der Waals surface area contributed by atoms with Gasteiger partial charge in [-0.25, -0.2) is 12.7 Å². The van der Waals surface area contributed by atoms with E-state index in [1.165, 1.54) is 39.4 Å². The largest absolute Gasteiger partial charge is 0.447 e. The van der Waals surface area contributed by atoms with Crippen molar-refractivity contribution >= 4 is 10.0 Å². The monoisotopic (exact) mass is 286 g/mol. The first kappa shape index (κ1) is 14.6. The van der Waals surface area contributed by atoms with Crippen LogP contribution in [0.4, 0.5) is 0 Å². The third-order valence-electron chi connectivity index (χ3n) is 3.63. The van der Waals surface area contributed by atoms with Gasteiger partial charge in [-0.1, -0.05) is 6.92 Å². The van der Waals surface area contributed by atoms with Crippen LogP contribution in [0.5, 0.6) is 0 Å². The summed E-state index contributed by atoms with van der Waals surface area (Å²) in [5, 5.41) is 3.43. The highest BCUT2D eigenvalue weighted by Gasteiger charge is 2.23. The molecule has 1 heterocycles. The lowest BCUT2D eigenvalue weighted by atomic mass is 10.1. The summed E-state index contributed by atoms with van der Waals surface area (Å²) in [7, 11) is -0.472. The summed E-state index contributed by atoms with van der Waals surface area (Å²) >= 11 is 0. The van der Waals surface area contributed by atoms with E-state index in [9.17, 15) is 8.42 Å². The van der Waals surface area contributed by atoms with Gasteiger partial charge in [-0.2, -0.15) is 0 Å². The molecule has 2 unspecified atom stereocenters. The molecule has 1 saturated carbocycles. The molecule has 0 aromatic carbocycles. The Balaban J connectivity index is 1.95. The van der Waals surface area contributed by atoms with Gasteiger partial charge < -0.3 is 9.73 Å². The lowest BCUT2D eigenvalue weighted by Gasteiger charge is -2.11. The predicted molar refractivity (Wildman–Crippen MR) is 73.2 cm³/mol. The van der Waals surface area contributed by atoms with E-state index in [2.05, 4.69) is 12.2 Å². The molecule has 1 aromatic heterocycles. The van der Waals surface area contributed by atoms with Gasteiger partial charge in [-0.3, -0.25) is 0 Å². The lowest BCUT2D eigenvalue weighted by molar-refractivity contribution is 0.377. The summed E-state index contributed by atoms with van der Waals surface area (Å²) in [4.78, 5) is 0. The average Bonchev–Trinajstić information content (AvgIpc) is 2.95. The van der Waals surface area contributed by atoms with Crippen LogP contribution in [-0.4, -0.2) is 32.9 Å². The molecular weight excluding hydrogens is 264 g/mol. The smallest absolute Gasteiger partial charge is 0.275 e. The molecule has 2 rings (SSSR count). The van der Waals surface area contributed by atoms with E-state index in [-0.39, 0.29) is 5.09 Å². The van der Waals surface area contributed by atoms with Gasteiger partial charge in [-0.05, 0) is 37.3 Å². The van der Waals surface area contributed by atoms with Crippen LogP contribution in [0.25, 0.3) is 0 Å². The summed E-state index contributed by atoms with van der Waals surface area (Å²) in [5.41, 5.74) is 0. The van der Waals surface area contributed by atoms with E-state index in [1.54, 1.807) is 6.07 Å². The van der Waals surface area contributed by atoms with Crippen LogP contribution in [0.15, 0.2) is 21.6 Å². The van der Waals surface area contributed by atoms with Gasteiger partial charge in [0.05, 0.1) is 6.54 Å². The van der Waals surface area contributed by atoms with E-state index >= 15 is 0 Å². The number of sulfonamides is 1. The van der Waals surface area contributed by atoms with Crippen molar-refractivity contribution in [1.82, 2.24) is 9.62 Å². The van der Waals surface area contributed by atoms with E-state index in [0.29, 0.717) is 18.3 Å². The molecule has 0 amide bonds. The van der Waals surface area contributed by atoms with Crippen molar-refractivity contribution in [3.8, 4) is 0 Å². The molecule has 108 valence electrons. The van der Waals surface area contributed by atoms with Crippen molar-refractivity contribution in [1.29, 1.82) is 0 Å². The molecular formula is C13H22N2O3S. The molecule has 0 bridgehead atoms. The van der Waals surface area contributed by atoms with Crippen LogP contribution in [0.2, 0.25) is 0 Å². The zero-order valence-corrected chi connectivity index (χ0v) is 12.5. The number of nitrogens with zero attached hydrogens (tertiary/aromatic N) is 1. The highest BCUT2D eigenvalue weighted by molar-refractivity contribution is 7.88. The molecule has 0 radical (unpaired) electrons. The minimum absolute atomic E-state index is 0.00842. The Morgan fingerprint density at radius 3 is 2.68 bits per heavy atom. The summed E-state index contributed by atoms with van der Waals surface area (Å²) in [6, 6.07) is 3.76. The number of nitrogens with one attached hydrogen (secondary N) is 1. The maximum absolute atomic E-state index is 11.9. The summed E-state index contributed by atoms with van der Waals surface area (Å²) < 4.78 is 30.3. The standard InChI is InChI=1S/C13H22N2O3S/c1-10-4-5-11(8-10)14-9-12-6-7-13(18-12)19(16,17)15(2)3/h6-7,10-11,14H,4-5,8-9H2,1-3H3. The van der Waals surface area contributed by atoms with Crippen LogP contribution in [0, 0.1) is 5.92 Å². The minimum atomic E-state index is -3.46. The Morgan fingerprint density at radius 1 is 1.37 bits per heavy atom. The first-order valence-electron chi connectivity index (χ1n) is 6.64. The van der Waals surface area contributed by atoms with Crippen molar-refractivity contribution in [3.05, 3.63) is 17.9 Å². The fraction of sp³-hybridized carbons (Fsp3) is 0.692. The second-order valence-electron chi connectivity index (χ2n) is 5.50. The van der Waals surface area contributed by atoms with Gasteiger partial charge in [0.2, 0.25) is 5.09 Å². The van der Waals surface area contributed by atoms with Crippen molar-refractivity contribution < 1.29 is 12.8 Å². The van der Waals surface area contributed by atoms with Gasteiger partial charge in [0.25, 0.3) is 10.0 Å². The van der Waals surface area contributed by atoms with Crippen molar-refractivity contribution in [2.24, 2.45) is 5.92 Å². The van der Waals surface area contributed by atoms with E-state index in [1.807, 2.05) is 0 Å². The van der Waals surface area contributed by atoms with Crippen LogP contribution >= 0.6 is 0 Å². The van der Waals surface area contributed by atoms with Crippen LogP contribution in [0.3, 0.4) is 0 Å². The first-order valence-corrected chi connectivity index (χ1v) is 8.08. The van der Waals surface area contributed by atoms with Gasteiger partial charge in [0, 0.05) is 20.1 Å². The number of rotatable bonds is 5. The SMILES string of the molecule is CC1CCC(NCc2ccc(S(=O)(=O)N(C)C)o2)C1. The van der Waals surface area contributed by atoms with E-state index in [0.717, 1.165) is 10.2 Å². The minimum Gasteiger partial charge on any atom is -0.447 e. The lowest BCUT2D eigenvalue weighted by Crippen LogP contribution is -2.25. The number of furan rings is 1. The summed E-state index contributed by atoms with van der Waals surface area (Å²) in [6.45, 7) is 2.84. The van der Waals surface area contributed by atoms with E-state index < -0.39 is 10.0 Å². The second kappa shape index (κ2) is 5.64. The Bertz CT molecular complexity index is 522. The molecule has 1 N–H and O–H groups in total. The third-order valence-corrected chi connectivity index (χ3v) is 5.32. The Kier molecular flexibility index (Phi) is 4.32. The summed E-state index contributed by atoms with van der Waals surface area (Å²) in [5.74, 6) is 1.44. The molecule has 1 aliphatic carbocycles.